The maximum atomic E-state index is 10.6. The summed E-state index contributed by atoms with van der Waals surface area (Å²) in [7, 11) is 1.56. The Hall–Kier alpha value is -1.03. The zero-order valence-electron chi connectivity index (χ0n) is 6.37. The molecule has 1 rings (SSSR count). The van der Waals surface area contributed by atoms with Crippen molar-refractivity contribution in [2.24, 2.45) is 5.73 Å². The lowest BCUT2D eigenvalue weighted by molar-refractivity contribution is -0.118. The fourth-order valence-corrected chi connectivity index (χ4v) is 0.913. The van der Waals surface area contributed by atoms with Gasteiger partial charge in [0.1, 0.15) is 0 Å². The van der Waals surface area contributed by atoms with Crippen molar-refractivity contribution in [1.29, 1.82) is 0 Å². The van der Waals surface area contributed by atoms with Crippen molar-refractivity contribution >= 4 is 5.91 Å². The lowest BCUT2D eigenvalue weighted by atomic mass is 10.1. The smallest absolute Gasteiger partial charge is 0.247 e. The summed E-state index contributed by atoms with van der Waals surface area (Å²) in [4.78, 5) is 10.6. The first-order chi connectivity index (χ1) is 5.24. The molecule has 0 saturated carbocycles. The number of hydrogen-bond donors (Lipinski definition) is 1. The van der Waals surface area contributed by atoms with Crippen LogP contribution in [0.15, 0.2) is 11.8 Å². The predicted octanol–water partition coefficient (Wildman–Crippen LogP) is 0.138. The molecule has 62 valence electrons. The van der Waals surface area contributed by atoms with Crippen molar-refractivity contribution < 1.29 is 14.3 Å². The van der Waals surface area contributed by atoms with Crippen LogP contribution >= 0.6 is 0 Å². The summed E-state index contributed by atoms with van der Waals surface area (Å²) in [6.07, 6.45) is 2.47. The molecule has 1 aliphatic rings. The van der Waals surface area contributed by atoms with Gasteiger partial charge in [-0.25, -0.2) is 0 Å². The van der Waals surface area contributed by atoms with Crippen LogP contribution in [0.4, 0.5) is 0 Å². The van der Waals surface area contributed by atoms with E-state index in [0.29, 0.717) is 18.4 Å². The first-order valence-corrected chi connectivity index (χ1v) is 3.41. The Balaban J connectivity index is 2.50. The number of amides is 1. The molecule has 0 bridgehead atoms. The molecule has 0 spiro atoms. The number of hydrogen-bond acceptors (Lipinski definition) is 3. The van der Waals surface area contributed by atoms with Gasteiger partial charge in [-0.1, -0.05) is 0 Å². The van der Waals surface area contributed by atoms with E-state index in [2.05, 4.69) is 0 Å². The summed E-state index contributed by atoms with van der Waals surface area (Å²) in [5.41, 5.74) is 5.55. The summed E-state index contributed by atoms with van der Waals surface area (Å²) < 4.78 is 9.92. The van der Waals surface area contributed by atoms with Gasteiger partial charge < -0.3 is 15.2 Å². The minimum Gasteiger partial charge on any atom is -0.472 e. The summed E-state index contributed by atoms with van der Waals surface area (Å²) in [5, 5.41) is 0. The molecule has 0 saturated heterocycles. The summed E-state index contributed by atoms with van der Waals surface area (Å²) in [6, 6.07) is 0. The minimum atomic E-state index is -0.417. The first kappa shape index (κ1) is 8.07. The second-order valence-electron chi connectivity index (χ2n) is 2.35. The highest BCUT2D eigenvalue weighted by molar-refractivity contribution is 5.91. The van der Waals surface area contributed by atoms with E-state index in [-0.39, 0.29) is 6.29 Å². The van der Waals surface area contributed by atoms with E-state index in [9.17, 15) is 4.79 Å². The first-order valence-electron chi connectivity index (χ1n) is 3.41. The number of primary amides is 1. The Morgan fingerprint density at radius 1 is 1.91 bits per heavy atom. The fourth-order valence-electron chi connectivity index (χ4n) is 0.913. The SMILES string of the molecule is COC1CCC(C(N)=O)=CO1. The van der Waals surface area contributed by atoms with Gasteiger partial charge in [-0.2, -0.15) is 0 Å². The number of ether oxygens (including phenoxy) is 2. The van der Waals surface area contributed by atoms with Gasteiger partial charge >= 0.3 is 0 Å². The molecule has 4 heteroatoms. The summed E-state index contributed by atoms with van der Waals surface area (Å²) in [5.74, 6) is -0.417. The average Bonchev–Trinajstić information content (AvgIpc) is 2.05. The molecule has 1 amide bonds. The van der Waals surface area contributed by atoms with Crippen molar-refractivity contribution in [1.82, 2.24) is 0 Å². The molecule has 1 heterocycles. The normalized spacial score (nSPS) is 23.7. The standard InChI is InChI=1S/C7H11NO3/c1-10-6-3-2-5(4-11-6)7(8)9/h4,6H,2-3H2,1H3,(H2,8,9). The second-order valence-corrected chi connectivity index (χ2v) is 2.35. The van der Waals surface area contributed by atoms with E-state index in [4.69, 9.17) is 15.2 Å². The van der Waals surface area contributed by atoms with Crippen LogP contribution in [-0.2, 0) is 14.3 Å². The van der Waals surface area contributed by atoms with E-state index in [1.165, 1.54) is 6.26 Å². The number of rotatable bonds is 2. The van der Waals surface area contributed by atoms with Crippen molar-refractivity contribution in [3.63, 3.8) is 0 Å². The quantitative estimate of drug-likeness (QED) is 0.620. The highest BCUT2D eigenvalue weighted by Gasteiger charge is 2.16. The van der Waals surface area contributed by atoms with Crippen LogP contribution in [0.3, 0.4) is 0 Å². The van der Waals surface area contributed by atoms with Crippen LogP contribution in [0, 0.1) is 0 Å². The van der Waals surface area contributed by atoms with Gasteiger partial charge in [0.15, 0.2) is 6.29 Å². The summed E-state index contributed by atoms with van der Waals surface area (Å²) in [6.45, 7) is 0. The van der Waals surface area contributed by atoms with E-state index in [1.807, 2.05) is 0 Å². The molecule has 0 radical (unpaired) electrons. The molecule has 0 aromatic carbocycles. The molecule has 0 aromatic heterocycles. The molecule has 4 nitrogen and oxygen atoms in total. The number of carbonyl (C=O) groups excluding carboxylic acids is 1. The topological polar surface area (TPSA) is 61.5 Å². The van der Waals surface area contributed by atoms with Gasteiger partial charge in [0.25, 0.3) is 0 Å². The third-order valence-corrected chi connectivity index (χ3v) is 1.59. The maximum absolute atomic E-state index is 10.6. The Labute approximate surface area is 65.0 Å². The molecule has 1 unspecified atom stereocenters. The highest BCUT2D eigenvalue weighted by atomic mass is 16.7. The average molecular weight is 157 g/mol. The molecule has 1 aliphatic heterocycles. The Morgan fingerprint density at radius 2 is 2.64 bits per heavy atom. The van der Waals surface area contributed by atoms with Gasteiger partial charge in [0.2, 0.25) is 5.91 Å². The van der Waals surface area contributed by atoms with Crippen LogP contribution in [-0.4, -0.2) is 19.3 Å². The molecular formula is C7H11NO3. The molecule has 0 aromatic rings. The fraction of sp³-hybridized carbons (Fsp3) is 0.571. The number of nitrogens with two attached hydrogens (primary N) is 1. The van der Waals surface area contributed by atoms with Gasteiger partial charge in [-0.05, 0) is 6.42 Å². The zero-order valence-corrected chi connectivity index (χ0v) is 6.37. The van der Waals surface area contributed by atoms with Gasteiger partial charge in [-0.3, -0.25) is 4.79 Å². The summed E-state index contributed by atoms with van der Waals surface area (Å²) >= 11 is 0. The van der Waals surface area contributed by atoms with E-state index < -0.39 is 5.91 Å². The third-order valence-electron chi connectivity index (χ3n) is 1.59. The minimum absolute atomic E-state index is 0.224. The van der Waals surface area contributed by atoms with Gasteiger partial charge in [0.05, 0.1) is 11.8 Å². The predicted molar refractivity (Wildman–Crippen MR) is 38.4 cm³/mol. The Bertz CT molecular complexity index is 188. The van der Waals surface area contributed by atoms with Crippen LogP contribution in [0.5, 0.6) is 0 Å². The molecular weight excluding hydrogens is 146 g/mol. The maximum Gasteiger partial charge on any atom is 0.247 e. The van der Waals surface area contributed by atoms with Crippen molar-refractivity contribution in [3.05, 3.63) is 11.8 Å². The number of methoxy groups -OCH3 is 1. The van der Waals surface area contributed by atoms with Crippen molar-refractivity contribution in [2.45, 2.75) is 19.1 Å². The Morgan fingerprint density at radius 3 is 3.00 bits per heavy atom. The largest absolute Gasteiger partial charge is 0.472 e. The molecule has 2 N–H and O–H groups in total. The van der Waals surface area contributed by atoms with Crippen LogP contribution < -0.4 is 5.73 Å². The molecule has 0 fully saturated rings. The second kappa shape index (κ2) is 3.39. The molecule has 1 atom stereocenters. The Kier molecular flexibility index (Phi) is 2.48. The molecule has 11 heavy (non-hydrogen) atoms. The molecule has 0 aliphatic carbocycles. The lowest BCUT2D eigenvalue weighted by Gasteiger charge is -2.19. The van der Waals surface area contributed by atoms with Gasteiger partial charge in [-0.15, -0.1) is 0 Å². The lowest BCUT2D eigenvalue weighted by Crippen LogP contribution is -2.22. The van der Waals surface area contributed by atoms with Crippen LogP contribution in [0.2, 0.25) is 0 Å². The van der Waals surface area contributed by atoms with Crippen molar-refractivity contribution in [3.8, 4) is 0 Å². The van der Waals surface area contributed by atoms with E-state index in [0.717, 1.165) is 0 Å². The number of carbonyl (C=O) groups is 1. The van der Waals surface area contributed by atoms with Crippen LogP contribution in [0.25, 0.3) is 0 Å². The van der Waals surface area contributed by atoms with Crippen molar-refractivity contribution in [2.75, 3.05) is 7.11 Å². The monoisotopic (exact) mass is 157 g/mol. The van der Waals surface area contributed by atoms with Crippen LogP contribution in [0.1, 0.15) is 12.8 Å². The zero-order chi connectivity index (χ0) is 8.27. The third kappa shape index (κ3) is 1.94. The van der Waals surface area contributed by atoms with E-state index in [1.54, 1.807) is 7.11 Å². The van der Waals surface area contributed by atoms with E-state index >= 15 is 0 Å². The highest BCUT2D eigenvalue weighted by Crippen LogP contribution is 2.16. The van der Waals surface area contributed by atoms with Gasteiger partial charge in [0, 0.05) is 13.5 Å².